The molecule has 1 aliphatic rings. The average Bonchev–Trinajstić information content (AvgIpc) is 3.08. The summed E-state index contributed by atoms with van der Waals surface area (Å²) in [6.45, 7) is 5.13. The number of ether oxygens (including phenoxy) is 2. The molecule has 7 heteroatoms. The second-order valence-corrected chi connectivity index (χ2v) is 9.48. The van der Waals surface area contributed by atoms with Gasteiger partial charge >= 0.3 is 0 Å². The van der Waals surface area contributed by atoms with Gasteiger partial charge < -0.3 is 9.47 Å². The van der Waals surface area contributed by atoms with E-state index in [1.54, 1.807) is 17.0 Å². The molecular weight excluding hydrogens is 469 g/mol. The Morgan fingerprint density at radius 3 is 2.38 bits per heavy atom. The minimum Gasteiger partial charge on any atom is -0.490 e. The molecule has 0 aromatic heterocycles. The highest BCUT2D eigenvalue weighted by Gasteiger charge is 2.32. The van der Waals surface area contributed by atoms with Gasteiger partial charge in [0.05, 0.1) is 18.1 Å². The van der Waals surface area contributed by atoms with Crippen LogP contribution in [0.2, 0.25) is 0 Å². The standard InChI is InChI=1S/C27H24FNO3S2/c1-3-31-24-14-21(10-13-23(24)32-17-20-8-11-22(28)12-9-20)15-25-26(30)29(27(33)34-25)16-19-6-4-18(2)5-7-19/h4-15H,3,16-17H2,1-2H3. The molecule has 0 radical (unpaired) electrons. The van der Waals surface area contributed by atoms with Crippen LogP contribution in [0, 0.1) is 12.7 Å². The molecule has 174 valence electrons. The van der Waals surface area contributed by atoms with Crippen molar-refractivity contribution in [2.45, 2.75) is 27.0 Å². The molecule has 1 saturated heterocycles. The van der Waals surface area contributed by atoms with E-state index in [1.807, 2.05) is 62.4 Å². The van der Waals surface area contributed by atoms with Gasteiger partial charge in [-0.3, -0.25) is 9.69 Å². The first-order valence-corrected chi connectivity index (χ1v) is 12.1. The molecule has 0 unspecified atom stereocenters. The monoisotopic (exact) mass is 493 g/mol. The van der Waals surface area contributed by atoms with E-state index in [1.165, 1.54) is 29.5 Å². The fourth-order valence-corrected chi connectivity index (χ4v) is 4.66. The van der Waals surface area contributed by atoms with Crippen LogP contribution in [0.15, 0.2) is 71.6 Å². The van der Waals surface area contributed by atoms with Crippen molar-refractivity contribution in [2.24, 2.45) is 0 Å². The number of amides is 1. The van der Waals surface area contributed by atoms with Gasteiger partial charge in [0.1, 0.15) is 16.7 Å². The van der Waals surface area contributed by atoms with Gasteiger partial charge in [-0.15, -0.1) is 0 Å². The van der Waals surface area contributed by atoms with Crippen molar-refractivity contribution in [1.29, 1.82) is 0 Å². The number of thioether (sulfide) groups is 1. The zero-order valence-electron chi connectivity index (χ0n) is 18.9. The number of carbonyl (C=O) groups excluding carboxylic acids is 1. The fourth-order valence-electron chi connectivity index (χ4n) is 3.41. The van der Waals surface area contributed by atoms with Crippen molar-refractivity contribution in [1.82, 2.24) is 4.90 Å². The number of benzene rings is 3. The molecule has 0 aliphatic carbocycles. The highest BCUT2D eigenvalue weighted by atomic mass is 32.2. The van der Waals surface area contributed by atoms with E-state index < -0.39 is 0 Å². The molecule has 1 amide bonds. The maximum atomic E-state index is 13.1. The summed E-state index contributed by atoms with van der Waals surface area (Å²) in [5, 5.41) is 0. The number of thiocarbonyl (C=S) groups is 1. The normalized spacial score (nSPS) is 14.7. The molecular formula is C27H24FNO3S2. The molecule has 1 fully saturated rings. The van der Waals surface area contributed by atoms with Crippen molar-refractivity contribution in [3.8, 4) is 11.5 Å². The Bertz CT molecular complexity index is 1220. The predicted octanol–water partition coefficient (Wildman–Crippen LogP) is 6.51. The minimum absolute atomic E-state index is 0.106. The third-order valence-electron chi connectivity index (χ3n) is 5.21. The molecule has 0 spiro atoms. The summed E-state index contributed by atoms with van der Waals surface area (Å²) in [6, 6.07) is 19.8. The lowest BCUT2D eigenvalue weighted by atomic mass is 10.1. The van der Waals surface area contributed by atoms with Gasteiger partial charge in [0.2, 0.25) is 0 Å². The molecule has 0 N–H and O–H groups in total. The molecule has 4 rings (SSSR count). The van der Waals surface area contributed by atoms with Crippen LogP contribution in [0.5, 0.6) is 11.5 Å². The third kappa shape index (κ3) is 5.85. The lowest BCUT2D eigenvalue weighted by Crippen LogP contribution is -2.27. The smallest absolute Gasteiger partial charge is 0.266 e. The Kier molecular flexibility index (Phi) is 7.65. The van der Waals surface area contributed by atoms with E-state index in [-0.39, 0.29) is 18.3 Å². The van der Waals surface area contributed by atoms with Crippen LogP contribution < -0.4 is 9.47 Å². The molecule has 0 saturated carbocycles. The number of nitrogens with zero attached hydrogens (tertiary/aromatic N) is 1. The van der Waals surface area contributed by atoms with Crippen molar-refractivity contribution < 1.29 is 18.7 Å². The molecule has 1 aliphatic heterocycles. The van der Waals surface area contributed by atoms with E-state index in [0.717, 1.165) is 16.7 Å². The Balaban J connectivity index is 1.49. The summed E-state index contributed by atoms with van der Waals surface area (Å²) in [5.74, 6) is 0.765. The first-order chi connectivity index (χ1) is 16.4. The molecule has 3 aromatic carbocycles. The van der Waals surface area contributed by atoms with Crippen molar-refractivity contribution in [3.05, 3.63) is 99.7 Å². The zero-order chi connectivity index (χ0) is 24.1. The average molecular weight is 494 g/mol. The maximum Gasteiger partial charge on any atom is 0.266 e. The van der Waals surface area contributed by atoms with Crippen LogP contribution in [0.25, 0.3) is 6.08 Å². The van der Waals surface area contributed by atoms with Crippen molar-refractivity contribution in [3.63, 3.8) is 0 Å². The van der Waals surface area contributed by atoms with Gasteiger partial charge in [-0.1, -0.05) is 72.0 Å². The first-order valence-electron chi connectivity index (χ1n) is 10.9. The topological polar surface area (TPSA) is 38.8 Å². The maximum absolute atomic E-state index is 13.1. The lowest BCUT2D eigenvalue weighted by Gasteiger charge is -2.14. The number of aryl methyl sites for hydroxylation is 1. The van der Waals surface area contributed by atoms with Crippen molar-refractivity contribution >= 4 is 40.3 Å². The molecule has 0 atom stereocenters. The van der Waals surface area contributed by atoms with E-state index >= 15 is 0 Å². The summed E-state index contributed by atoms with van der Waals surface area (Å²) in [6.07, 6.45) is 1.82. The fraction of sp³-hybridized carbons (Fsp3) is 0.185. The minimum atomic E-state index is -0.285. The predicted molar refractivity (Wildman–Crippen MR) is 138 cm³/mol. The van der Waals surface area contributed by atoms with Crippen molar-refractivity contribution in [2.75, 3.05) is 6.61 Å². The van der Waals surface area contributed by atoms with Gasteiger partial charge in [0.15, 0.2) is 11.5 Å². The zero-order valence-corrected chi connectivity index (χ0v) is 20.5. The van der Waals surface area contributed by atoms with E-state index in [0.29, 0.717) is 33.9 Å². The highest BCUT2D eigenvalue weighted by molar-refractivity contribution is 8.26. The number of hydrogen-bond donors (Lipinski definition) is 0. The van der Waals surface area contributed by atoms with Crippen LogP contribution in [-0.4, -0.2) is 21.7 Å². The van der Waals surface area contributed by atoms with Crippen LogP contribution >= 0.6 is 24.0 Å². The third-order valence-corrected chi connectivity index (χ3v) is 6.59. The molecule has 3 aromatic rings. The quantitative estimate of drug-likeness (QED) is 0.264. The summed E-state index contributed by atoms with van der Waals surface area (Å²) in [7, 11) is 0. The van der Waals surface area contributed by atoms with Gasteiger partial charge in [0, 0.05) is 0 Å². The number of hydrogen-bond acceptors (Lipinski definition) is 5. The lowest BCUT2D eigenvalue weighted by molar-refractivity contribution is -0.122. The Labute approximate surface area is 208 Å². The van der Waals surface area contributed by atoms with Gasteiger partial charge in [-0.05, 0) is 60.9 Å². The Morgan fingerprint density at radius 1 is 0.971 bits per heavy atom. The van der Waals surface area contributed by atoms with E-state index in [4.69, 9.17) is 21.7 Å². The van der Waals surface area contributed by atoms with E-state index in [9.17, 15) is 9.18 Å². The SMILES string of the molecule is CCOc1cc(C=C2SC(=S)N(Cc3ccc(C)cc3)C2=O)ccc1OCc1ccc(F)cc1. The largest absolute Gasteiger partial charge is 0.490 e. The Hall–Kier alpha value is -3.16. The number of rotatable bonds is 8. The summed E-state index contributed by atoms with van der Waals surface area (Å²) < 4.78 is 25.3. The van der Waals surface area contributed by atoms with Gasteiger partial charge in [-0.25, -0.2) is 4.39 Å². The molecule has 1 heterocycles. The van der Waals surface area contributed by atoms with Crippen LogP contribution in [0.1, 0.15) is 29.2 Å². The molecule has 34 heavy (non-hydrogen) atoms. The summed E-state index contributed by atoms with van der Waals surface area (Å²) >= 11 is 6.77. The number of carbonyl (C=O) groups is 1. The van der Waals surface area contributed by atoms with E-state index in [2.05, 4.69) is 0 Å². The second kappa shape index (κ2) is 10.8. The highest BCUT2D eigenvalue weighted by Crippen LogP contribution is 2.36. The van der Waals surface area contributed by atoms with Gasteiger partial charge in [0.25, 0.3) is 5.91 Å². The van der Waals surface area contributed by atoms with Gasteiger partial charge in [-0.2, -0.15) is 0 Å². The Morgan fingerprint density at radius 2 is 1.68 bits per heavy atom. The first kappa shape index (κ1) is 24.0. The summed E-state index contributed by atoms with van der Waals surface area (Å²) in [4.78, 5) is 15.2. The van der Waals surface area contributed by atoms with Crippen LogP contribution in [-0.2, 0) is 17.9 Å². The van der Waals surface area contributed by atoms with Crippen LogP contribution in [0.3, 0.4) is 0 Å². The summed E-state index contributed by atoms with van der Waals surface area (Å²) in [5.41, 5.74) is 3.87. The van der Waals surface area contributed by atoms with Crippen LogP contribution in [0.4, 0.5) is 4.39 Å². The molecule has 4 nitrogen and oxygen atoms in total. The second-order valence-electron chi connectivity index (χ2n) is 7.81. The molecule has 0 bridgehead atoms. The number of halogens is 1.